The Bertz CT molecular complexity index is 264. The van der Waals surface area contributed by atoms with E-state index in [0.29, 0.717) is 0 Å². The van der Waals surface area contributed by atoms with Crippen LogP contribution in [0.2, 0.25) is 0 Å². The lowest BCUT2D eigenvalue weighted by atomic mass is 9.81. The number of nitrogens with zero attached hydrogens (tertiary/aromatic N) is 1. The van der Waals surface area contributed by atoms with Crippen molar-refractivity contribution in [2.24, 2.45) is 17.8 Å². The summed E-state index contributed by atoms with van der Waals surface area (Å²) in [5, 5.41) is 3.73. The van der Waals surface area contributed by atoms with E-state index in [1.54, 1.807) is 0 Å². The Kier molecular flexibility index (Phi) is 5.70. The van der Waals surface area contributed by atoms with Crippen LogP contribution in [0.25, 0.3) is 0 Å². The molecule has 0 aromatic heterocycles. The Balaban J connectivity index is 1.93. The van der Waals surface area contributed by atoms with Crippen LogP contribution >= 0.6 is 0 Å². The second-order valence-electron chi connectivity index (χ2n) is 7.22. The van der Waals surface area contributed by atoms with E-state index in [-0.39, 0.29) is 0 Å². The first-order valence-electron chi connectivity index (χ1n) is 8.59. The molecule has 112 valence electrons. The summed E-state index contributed by atoms with van der Waals surface area (Å²) >= 11 is 0. The predicted molar refractivity (Wildman–Crippen MR) is 83.4 cm³/mol. The van der Waals surface area contributed by atoms with Crippen molar-refractivity contribution in [2.45, 2.75) is 71.9 Å². The van der Waals surface area contributed by atoms with Gasteiger partial charge in [0, 0.05) is 25.2 Å². The van der Waals surface area contributed by atoms with E-state index in [2.05, 4.69) is 37.9 Å². The van der Waals surface area contributed by atoms with Crippen LogP contribution in [0.5, 0.6) is 0 Å². The highest BCUT2D eigenvalue weighted by Crippen LogP contribution is 2.31. The molecule has 1 aliphatic heterocycles. The van der Waals surface area contributed by atoms with Crippen LogP contribution in [0.4, 0.5) is 0 Å². The van der Waals surface area contributed by atoms with Crippen molar-refractivity contribution >= 4 is 0 Å². The van der Waals surface area contributed by atoms with Gasteiger partial charge in [0.1, 0.15) is 0 Å². The maximum Gasteiger partial charge on any atom is 0.0107 e. The average Bonchev–Trinajstić information content (AvgIpc) is 2.38. The first kappa shape index (κ1) is 15.3. The first-order chi connectivity index (χ1) is 9.11. The highest BCUT2D eigenvalue weighted by atomic mass is 15.2. The summed E-state index contributed by atoms with van der Waals surface area (Å²) in [5.41, 5.74) is 0. The summed E-state index contributed by atoms with van der Waals surface area (Å²) in [6, 6.07) is 1.55. The fourth-order valence-corrected chi connectivity index (χ4v) is 4.33. The predicted octanol–water partition coefficient (Wildman–Crippen LogP) is 3.52. The summed E-state index contributed by atoms with van der Waals surface area (Å²) in [6.45, 7) is 13.3. The molecule has 1 aliphatic carbocycles. The molecule has 1 N–H and O–H groups in total. The van der Waals surface area contributed by atoms with Gasteiger partial charge in [0.15, 0.2) is 0 Å². The van der Waals surface area contributed by atoms with Gasteiger partial charge in [-0.25, -0.2) is 0 Å². The van der Waals surface area contributed by atoms with Crippen LogP contribution in [0.15, 0.2) is 0 Å². The average molecular weight is 266 g/mol. The van der Waals surface area contributed by atoms with Crippen LogP contribution in [0, 0.1) is 17.8 Å². The van der Waals surface area contributed by atoms with Crippen molar-refractivity contribution < 1.29 is 0 Å². The SMILES string of the molecule is CCNC1CCCCC1CN1CC(C)CC(C)C1C. The van der Waals surface area contributed by atoms with E-state index in [0.717, 1.165) is 36.4 Å². The number of hydrogen-bond donors (Lipinski definition) is 1. The number of piperidine rings is 1. The zero-order valence-electron chi connectivity index (χ0n) is 13.5. The molecule has 0 amide bonds. The molecule has 2 nitrogen and oxygen atoms in total. The van der Waals surface area contributed by atoms with Crippen molar-refractivity contribution in [3.05, 3.63) is 0 Å². The molecule has 1 saturated heterocycles. The fourth-order valence-electron chi connectivity index (χ4n) is 4.33. The van der Waals surface area contributed by atoms with Gasteiger partial charge in [0.2, 0.25) is 0 Å². The minimum Gasteiger partial charge on any atom is -0.314 e. The van der Waals surface area contributed by atoms with Crippen molar-refractivity contribution in [1.82, 2.24) is 10.2 Å². The third kappa shape index (κ3) is 3.95. The van der Waals surface area contributed by atoms with Crippen LogP contribution < -0.4 is 5.32 Å². The lowest BCUT2D eigenvalue weighted by molar-refractivity contribution is 0.0511. The topological polar surface area (TPSA) is 15.3 Å². The Morgan fingerprint density at radius 3 is 2.58 bits per heavy atom. The molecular weight excluding hydrogens is 232 g/mol. The van der Waals surface area contributed by atoms with Crippen LogP contribution in [0.1, 0.15) is 59.8 Å². The minimum atomic E-state index is 0.776. The van der Waals surface area contributed by atoms with E-state index in [4.69, 9.17) is 0 Å². The lowest BCUT2D eigenvalue weighted by Crippen LogP contribution is -2.51. The van der Waals surface area contributed by atoms with E-state index >= 15 is 0 Å². The smallest absolute Gasteiger partial charge is 0.0107 e. The van der Waals surface area contributed by atoms with Gasteiger partial charge < -0.3 is 5.32 Å². The standard InChI is InChI=1S/C17H34N2/c1-5-18-17-9-7-6-8-16(17)12-19-11-13(2)10-14(3)15(19)4/h13-18H,5-12H2,1-4H3. The summed E-state index contributed by atoms with van der Waals surface area (Å²) < 4.78 is 0. The molecular formula is C17H34N2. The quantitative estimate of drug-likeness (QED) is 0.837. The van der Waals surface area contributed by atoms with Gasteiger partial charge in [-0.05, 0) is 50.5 Å². The van der Waals surface area contributed by atoms with Crippen molar-refractivity contribution in [2.75, 3.05) is 19.6 Å². The molecule has 5 unspecified atom stereocenters. The number of rotatable bonds is 4. The zero-order chi connectivity index (χ0) is 13.8. The molecule has 2 aliphatic rings. The molecule has 0 spiro atoms. The van der Waals surface area contributed by atoms with Gasteiger partial charge in [-0.3, -0.25) is 4.90 Å². The summed E-state index contributed by atoms with van der Waals surface area (Å²) in [5.74, 6) is 2.63. The summed E-state index contributed by atoms with van der Waals surface area (Å²) in [6.07, 6.45) is 7.12. The maximum absolute atomic E-state index is 3.73. The van der Waals surface area contributed by atoms with Crippen molar-refractivity contribution in [1.29, 1.82) is 0 Å². The van der Waals surface area contributed by atoms with Crippen molar-refractivity contribution in [3.63, 3.8) is 0 Å². The molecule has 1 heterocycles. The van der Waals surface area contributed by atoms with Gasteiger partial charge in [-0.1, -0.05) is 33.6 Å². The molecule has 19 heavy (non-hydrogen) atoms. The summed E-state index contributed by atoms with van der Waals surface area (Å²) in [4.78, 5) is 2.79. The van der Waals surface area contributed by atoms with Gasteiger partial charge in [-0.2, -0.15) is 0 Å². The lowest BCUT2D eigenvalue weighted by Gasteiger charge is -2.44. The third-order valence-corrected chi connectivity index (χ3v) is 5.56. The van der Waals surface area contributed by atoms with Gasteiger partial charge in [-0.15, -0.1) is 0 Å². The van der Waals surface area contributed by atoms with E-state index in [1.165, 1.54) is 45.2 Å². The zero-order valence-corrected chi connectivity index (χ0v) is 13.5. The van der Waals surface area contributed by atoms with Gasteiger partial charge in [0.25, 0.3) is 0 Å². The second kappa shape index (κ2) is 7.08. The third-order valence-electron chi connectivity index (χ3n) is 5.56. The molecule has 0 aromatic carbocycles. The van der Waals surface area contributed by atoms with E-state index in [1.807, 2.05) is 0 Å². The highest BCUT2D eigenvalue weighted by Gasteiger charge is 2.32. The minimum absolute atomic E-state index is 0.776. The Morgan fingerprint density at radius 2 is 1.84 bits per heavy atom. The van der Waals surface area contributed by atoms with Crippen LogP contribution in [-0.2, 0) is 0 Å². The fraction of sp³-hybridized carbons (Fsp3) is 1.00. The first-order valence-corrected chi connectivity index (χ1v) is 8.59. The maximum atomic E-state index is 3.73. The van der Waals surface area contributed by atoms with Gasteiger partial charge in [0.05, 0.1) is 0 Å². The molecule has 2 heteroatoms. The largest absolute Gasteiger partial charge is 0.314 e. The summed E-state index contributed by atoms with van der Waals surface area (Å²) in [7, 11) is 0. The van der Waals surface area contributed by atoms with Crippen LogP contribution in [0.3, 0.4) is 0 Å². The number of likely N-dealkylation sites (tertiary alicyclic amines) is 1. The van der Waals surface area contributed by atoms with E-state index in [9.17, 15) is 0 Å². The number of nitrogens with one attached hydrogen (secondary N) is 1. The molecule has 5 atom stereocenters. The molecule has 0 bridgehead atoms. The monoisotopic (exact) mass is 266 g/mol. The number of hydrogen-bond acceptors (Lipinski definition) is 2. The normalized spacial score (nSPS) is 41.4. The Labute approximate surface area is 120 Å². The molecule has 0 radical (unpaired) electrons. The van der Waals surface area contributed by atoms with Crippen LogP contribution in [-0.4, -0.2) is 36.6 Å². The molecule has 2 rings (SSSR count). The Morgan fingerprint density at radius 1 is 1.11 bits per heavy atom. The van der Waals surface area contributed by atoms with Gasteiger partial charge >= 0.3 is 0 Å². The van der Waals surface area contributed by atoms with E-state index < -0.39 is 0 Å². The Hall–Kier alpha value is -0.0800. The highest BCUT2D eigenvalue weighted by molar-refractivity contribution is 4.88. The molecule has 2 fully saturated rings. The second-order valence-corrected chi connectivity index (χ2v) is 7.22. The molecule has 0 aromatic rings. The van der Waals surface area contributed by atoms with Crippen molar-refractivity contribution in [3.8, 4) is 0 Å². The molecule has 1 saturated carbocycles.